The number of nitro groups is 1. The van der Waals surface area contributed by atoms with E-state index >= 15 is 0 Å². The largest absolute Gasteiger partial charge is 0.481 e. The van der Waals surface area contributed by atoms with Crippen molar-refractivity contribution in [3.63, 3.8) is 0 Å². The highest BCUT2D eigenvalue weighted by atomic mass is 16.6. The molecule has 0 aliphatic carbocycles. The Kier molecular flexibility index (Phi) is 3.85. The Hall–Kier alpha value is -2.70. The smallest absolute Gasteiger partial charge is 0.308 e. The maximum Gasteiger partial charge on any atom is 0.308 e. The van der Waals surface area contributed by atoms with Gasteiger partial charge in [0.2, 0.25) is 0 Å². The molecule has 1 aromatic heterocycles. The van der Waals surface area contributed by atoms with Crippen molar-refractivity contribution in [3.8, 4) is 0 Å². The zero-order valence-corrected chi connectivity index (χ0v) is 12.7. The van der Waals surface area contributed by atoms with Crippen LogP contribution in [0.3, 0.4) is 0 Å². The van der Waals surface area contributed by atoms with Gasteiger partial charge in [0.25, 0.3) is 5.69 Å². The van der Waals surface area contributed by atoms with Crippen LogP contribution in [0.5, 0.6) is 0 Å². The fourth-order valence-corrected chi connectivity index (χ4v) is 3.11. The quantitative estimate of drug-likeness (QED) is 0.691. The van der Waals surface area contributed by atoms with E-state index in [0.717, 1.165) is 6.54 Å². The molecule has 1 N–H and O–H groups in total. The molecule has 0 amide bonds. The number of pyridine rings is 1. The van der Waals surface area contributed by atoms with E-state index in [9.17, 15) is 20.0 Å². The number of aromatic nitrogens is 1. The highest BCUT2D eigenvalue weighted by Crippen LogP contribution is 2.28. The maximum atomic E-state index is 11.3. The van der Waals surface area contributed by atoms with E-state index in [1.165, 1.54) is 12.1 Å². The van der Waals surface area contributed by atoms with Gasteiger partial charge in [-0.2, -0.15) is 0 Å². The Morgan fingerprint density at radius 3 is 2.83 bits per heavy atom. The Bertz CT molecular complexity index is 777. The van der Waals surface area contributed by atoms with Gasteiger partial charge in [0.15, 0.2) is 0 Å². The number of benzene rings is 1. The normalized spacial score (nSPS) is 21.3. The number of carboxylic acid groups (broad SMARTS) is 1. The third-order valence-corrected chi connectivity index (χ3v) is 4.20. The molecule has 2 aromatic rings. The molecule has 1 saturated heterocycles. The highest BCUT2D eigenvalue weighted by Gasteiger charge is 2.30. The summed E-state index contributed by atoms with van der Waals surface area (Å²) >= 11 is 0. The van der Waals surface area contributed by atoms with Gasteiger partial charge < -0.3 is 10.0 Å². The summed E-state index contributed by atoms with van der Waals surface area (Å²) < 4.78 is 0. The van der Waals surface area contributed by atoms with Crippen LogP contribution < -0.4 is 4.90 Å². The van der Waals surface area contributed by atoms with Gasteiger partial charge in [-0.05, 0) is 30.5 Å². The summed E-state index contributed by atoms with van der Waals surface area (Å²) in [7, 11) is 0. The van der Waals surface area contributed by atoms with Crippen LogP contribution in [0.15, 0.2) is 30.3 Å². The second-order valence-electron chi connectivity index (χ2n) is 6.08. The van der Waals surface area contributed by atoms with Crippen LogP contribution in [0.2, 0.25) is 0 Å². The number of non-ortho nitro benzene ring substituents is 1. The number of carbonyl (C=O) groups is 1. The predicted molar refractivity (Wildman–Crippen MR) is 85.5 cm³/mol. The van der Waals surface area contributed by atoms with Crippen molar-refractivity contribution >= 4 is 28.4 Å². The maximum absolute atomic E-state index is 11.3. The number of nitro benzene ring substituents is 1. The minimum atomic E-state index is -0.780. The molecule has 0 bridgehead atoms. The van der Waals surface area contributed by atoms with Crippen molar-refractivity contribution < 1.29 is 14.8 Å². The van der Waals surface area contributed by atoms with Crippen LogP contribution in [-0.2, 0) is 4.79 Å². The fourth-order valence-electron chi connectivity index (χ4n) is 3.11. The predicted octanol–water partition coefficient (Wildman–Crippen LogP) is 2.69. The van der Waals surface area contributed by atoms with Crippen molar-refractivity contribution in [2.24, 2.45) is 11.8 Å². The second-order valence-corrected chi connectivity index (χ2v) is 6.08. The molecule has 3 rings (SSSR count). The summed E-state index contributed by atoms with van der Waals surface area (Å²) in [6.07, 6.45) is 0.672. The Balaban J connectivity index is 1.92. The van der Waals surface area contributed by atoms with Crippen LogP contribution in [0.1, 0.15) is 13.3 Å². The molecule has 23 heavy (non-hydrogen) atoms. The molecule has 2 unspecified atom stereocenters. The molecule has 0 radical (unpaired) electrons. The molecule has 1 aromatic carbocycles. The lowest BCUT2D eigenvalue weighted by Gasteiger charge is -2.35. The summed E-state index contributed by atoms with van der Waals surface area (Å²) in [6.45, 7) is 3.23. The van der Waals surface area contributed by atoms with Crippen LogP contribution in [-0.4, -0.2) is 34.1 Å². The first-order chi connectivity index (χ1) is 10.9. The molecule has 7 heteroatoms. The van der Waals surface area contributed by atoms with Crippen molar-refractivity contribution in [2.45, 2.75) is 13.3 Å². The minimum absolute atomic E-state index is 0.0320. The molecule has 2 heterocycles. The van der Waals surface area contributed by atoms with Crippen LogP contribution in [0.4, 0.5) is 11.5 Å². The lowest BCUT2D eigenvalue weighted by molar-refractivity contribution is -0.384. The Labute approximate surface area is 132 Å². The highest BCUT2D eigenvalue weighted by molar-refractivity contribution is 5.82. The van der Waals surface area contributed by atoms with Gasteiger partial charge in [0.1, 0.15) is 5.82 Å². The average Bonchev–Trinajstić information content (AvgIpc) is 2.53. The lowest BCUT2D eigenvalue weighted by Crippen LogP contribution is -2.42. The third-order valence-electron chi connectivity index (χ3n) is 4.20. The van der Waals surface area contributed by atoms with Crippen LogP contribution in [0.25, 0.3) is 10.9 Å². The van der Waals surface area contributed by atoms with E-state index in [-0.39, 0.29) is 11.6 Å². The molecular weight excluding hydrogens is 298 g/mol. The summed E-state index contributed by atoms with van der Waals surface area (Å²) in [5, 5.41) is 20.8. The number of piperidine rings is 1. The van der Waals surface area contributed by atoms with E-state index in [4.69, 9.17) is 0 Å². The first kappa shape index (κ1) is 15.2. The molecule has 7 nitrogen and oxygen atoms in total. The molecule has 0 saturated carbocycles. The molecule has 120 valence electrons. The molecule has 1 fully saturated rings. The van der Waals surface area contributed by atoms with E-state index in [1.807, 2.05) is 11.8 Å². The average molecular weight is 315 g/mol. The van der Waals surface area contributed by atoms with Crippen molar-refractivity contribution in [1.29, 1.82) is 0 Å². The van der Waals surface area contributed by atoms with Gasteiger partial charge in [-0.25, -0.2) is 4.98 Å². The number of aliphatic carboxylic acids is 1. The fraction of sp³-hybridized carbons (Fsp3) is 0.375. The number of nitrogens with zero attached hydrogens (tertiary/aromatic N) is 3. The number of fused-ring (bicyclic) bond motifs is 1. The van der Waals surface area contributed by atoms with Gasteiger partial charge in [-0.3, -0.25) is 14.9 Å². The third kappa shape index (κ3) is 3.08. The standard InChI is InChI=1S/C16H17N3O4/c1-10-6-12(16(20)21)9-18(8-10)15-5-2-11-7-13(19(22)23)3-4-14(11)17-15/h2-5,7,10,12H,6,8-9H2,1H3,(H,20,21). The SMILES string of the molecule is CC1CC(C(=O)O)CN(c2ccc3cc([N+](=O)[O-])ccc3n2)C1. The molecule has 0 spiro atoms. The van der Waals surface area contributed by atoms with Gasteiger partial charge in [-0.15, -0.1) is 0 Å². The van der Waals surface area contributed by atoms with Gasteiger partial charge in [-0.1, -0.05) is 6.92 Å². The molecule has 1 aliphatic heterocycles. The minimum Gasteiger partial charge on any atom is -0.481 e. The zero-order chi connectivity index (χ0) is 16.6. The molecule has 1 aliphatic rings. The van der Waals surface area contributed by atoms with Crippen molar-refractivity contribution in [2.75, 3.05) is 18.0 Å². The van der Waals surface area contributed by atoms with E-state index in [1.54, 1.807) is 18.2 Å². The van der Waals surface area contributed by atoms with Gasteiger partial charge in [0.05, 0.1) is 16.4 Å². The van der Waals surface area contributed by atoms with Crippen molar-refractivity contribution in [3.05, 3.63) is 40.4 Å². The van der Waals surface area contributed by atoms with Gasteiger partial charge >= 0.3 is 5.97 Å². The lowest BCUT2D eigenvalue weighted by atomic mass is 9.90. The van der Waals surface area contributed by atoms with E-state index in [0.29, 0.717) is 29.7 Å². The number of hydrogen-bond acceptors (Lipinski definition) is 5. The van der Waals surface area contributed by atoms with E-state index < -0.39 is 16.8 Å². The molecule has 2 atom stereocenters. The Morgan fingerprint density at radius 1 is 1.35 bits per heavy atom. The number of carboxylic acids is 1. The first-order valence-electron chi connectivity index (χ1n) is 7.47. The first-order valence-corrected chi connectivity index (χ1v) is 7.47. The second kappa shape index (κ2) is 5.83. The molecular formula is C16H17N3O4. The summed E-state index contributed by atoms with van der Waals surface area (Å²) in [4.78, 5) is 28.2. The van der Waals surface area contributed by atoms with Crippen molar-refractivity contribution in [1.82, 2.24) is 4.98 Å². The van der Waals surface area contributed by atoms with Gasteiger partial charge in [0, 0.05) is 30.6 Å². The topological polar surface area (TPSA) is 96.6 Å². The van der Waals surface area contributed by atoms with E-state index in [2.05, 4.69) is 4.98 Å². The van der Waals surface area contributed by atoms with Crippen LogP contribution in [0, 0.1) is 22.0 Å². The Morgan fingerprint density at radius 2 is 2.13 bits per heavy atom. The number of hydrogen-bond donors (Lipinski definition) is 1. The number of rotatable bonds is 3. The summed E-state index contributed by atoms with van der Waals surface area (Å²) in [6, 6.07) is 8.13. The number of anilines is 1. The summed E-state index contributed by atoms with van der Waals surface area (Å²) in [5.41, 5.74) is 0.697. The van der Waals surface area contributed by atoms with Crippen LogP contribution >= 0.6 is 0 Å². The monoisotopic (exact) mass is 315 g/mol. The summed E-state index contributed by atoms with van der Waals surface area (Å²) in [5.74, 6) is -0.186. The zero-order valence-electron chi connectivity index (χ0n) is 12.7.